The van der Waals surface area contributed by atoms with Gasteiger partial charge in [0.15, 0.2) is 0 Å². The molecule has 0 bridgehead atoms. The van der Waals surface area contributed by atoms with E-state index >= 15 is 0 Å². The van der Waals surface area contributed by atoms with Crippen LogP contribution in [-0.4, -0.2) is 24.9 Å². The van der Waals surface area contributed by atoms with Gasteiger partial charge in [-0.1, -0.05) is 31.5 Å². The summed E-state index contributed by atoms with van der Waals surface area (Å²) in [5, 5.41) is 8.73. The van der Waals surface area contributed by atoms with Gasteiger partial charge in [-0.15, -0.1) is 0 Å². The summed E-state index contributed by atoms with van der Waals surface area (Å²) >= 11 is 3.43. The lowest BCUT2D eigenvalue weighted by Crippen LogP contribution is -2.25. The normalized spacial score (nSPS) is 10.2. The Bertz CT molecular complexity index is 734. The summed E-state index contributed by atoms with van der Waals surface area (Å²) in [4.78, 5) is 24.2. The molecule has 0 fully saturated rings. The van der Waals surface area contributed by atoms with Gasteiger partial charge in [-0.2, -0.15) is 0 Å². The van der Waals surface area contributed by atoms with Crippen molar-refractivity contribution in [1.29, 1.82) is 0 Å². The van der Waals surface area contributed by atoms with Crippen molar-refractivity contribution in [1.82, 2.24) is 5.32 Å². The molecule has 0 atom stereocenters. The van der Waals surface area contributed by atoms with E-state index in [0.717, 1.165) is 23.0 Å². The average molecular weight is 404 g/mol. The maximum atomic E-state index is 12.1. The number of rotatable bonds is 8. The van der Waals surface area contributed by atoms with Crippen LogP contribution in [-0.2, 0) is 4.79 Å². The van der Waals surface area contributed by atoms with Crippen LogP contribution >= 0.6 is 15.9 Å². The first-order valence-corrected chi connectivity index (χ1v) is 9.06. The van der Waals surface area contributed by atoms with E-state index in [1.54, 1.807) is 24.3 Å². The zero-order valence-corrected chi connectivity index (χ0v) is 15.7. The fourth-order valence-corrected chi connectivity index (χ4v) is 2.63. The molecule has 2 amide bonds. The Morgan fingerprint density at radius 2 is 1.88 bits per heavy atom. The summed E-state index contributed by atoms with van der Waals surface area (Å²) in [5.74, 6) is -0.310. The van der Waals surface area contributed by atoms with Crippen molar-refractivity contribution in [2.24, 2.45) is 0 Å². The highest BCUT2D eigenvalue weighted by atomic mass is 79.9. The van der Waals surface area contributed by atoms with Gasteiger partial charge in [0, 0.05) is 28.0 Å². The molecule has 5 nitrogen and oxygen atoms in total. The van der Waals surface area contributed by atoms with Crippen LogP contribution in [0, 0.1) is 0 Å². The lowest BCUT2D eigenvalue weighted by atomic mass is 10.2. The molecule has 2 rings (SSSR count). The van der Waals surface area contributed by atoms with Crippen LogP contribution in [0.1, 0.15) is 30.1 Å². The lowest BCUT2D eigenvalue weighted by Gasteiger charge is -2.10. The van der Waals surface area contributed by atoms with E-state index in [1.165, 1.54) is 0 Å². The van der Waals surface area contributed by atoms with Crippen LogP contribution in [0.2, 0.25) is 0 Å². The van der Waals surface area contributed by atoms with E-state index in [9.17, 15) is 9.59 Å². The summed E-state index contributed by atoms with van der Waals surface area (Å²) in [7, 11) is 0. The fraction of sp³-hybridized carbons (Fsp3) is 0.263. The molecule has 0 aromatic heterocycles. The van der Waals surface area contributed by atoms with Crippen LogP contribution in [0.4, 0.5) is 11.4 Å². The van der Waals surface area contributed by atoms with Gasteiger partial charge < -0.3 is 16.0 Å². The van der Waals surface area contributed by atoms with Gasteiger partial charge in [0.2, 0.25) is 5.91 Å². The number of hydrogen-bond donors (Lipinski definition) is 3. The Hall–Kier alpha value is -2.34. The van der Waals surface area contributed by atoms with Gasteiger partial charge in [0.25, 0.3) is 5.91 Å². The highest BCUT2D eigenvalue weighted by Gasteiger charge is 2.08. The lowest BCUT2D eigenvalue weighted by molar-refractivity contribution is -0.114. The van der Waals surface area contributed by atoms with Crippen molar-refractivity contribution < 1.29 is 9.59 Å². The van der Waals surface area contributed by atoms with Crippen molar-refractivity contribution >= 4 is 39.1 Å². The average Bonchev–Trinajstić information content (AvgIpc) is 2.61. The van der Waals surface area contributed by atoms with Crippen molar-refractivity contribution in [2.45, 2.75) is 19.8 Å². The molecule has 0 aliphatic rings. The predicted molar refractivity (Wildman–Crippen MR) is 105 cm³/mol. The van der Waals surface area contributed by atoms with E-state index in [4.69, 9.17) is 0 Å². The molecule has 0 heterocycles. The molecular formula is C19H22BrN3O2. The smallest absolute Gasteiger partial charge is 0.251 e. The van der Waals surface area contributed by atoms with Gasteiger partial charge in [-0.3, -0.25) is 9.59 Å². The Balaban J connectivity index is 1.89. The third kappa shape index (κ3) is 6.23. The van der Waals surface area contributed by atoms with Crippen molar-refractivity contribution in [3.63, 3.8) is 0 Å². The highest BCUT2D eigenvalue weighted by Crippen LogP contribution is 2.20. The summed E-state index contributed by atoms with van der Waals surface area (Å²) in [6, 6.07) is 14.5. The summed E-state index contributed by atoms with van der Waals surface area (Å²) in [6.45, 7) is 2.86. The van der Waals surface area contributed by atoms with Crippen LogP contribution in [0.3, 0.4) is 0 Å². The van der Waals surface area contributed by atoms with E-state index in [2.05, 4.69) is 38.8 Å². The third-order valence-electron chi connectivity index (χ3n) is 3.54. The Morgan fingerprint density at radius 3 is 2.64 bits per heavy atom. The topological polar surface area (TPSA) is 70.2 Å². The van der Waals surface area contributed by atoms with E-state index in [1.807, 2.05) is 24.3 Å². The number of halogens is 1. The summed E-state index contributed by atoms with van der Waals surface area (Å²) < 4.78 is 0.897. The van der Waals surface area contributed by atoms with Crippen LogP contribution < -0.4 is 16.0 Å². The third-order valence-corrected chi connectivity index (χ3v) is 4.23. The SMILES string of the molecule is CCCCNC(=O)c1cccc(NC(=O)CNc2ccccc2Br)c1. The number of hydrogen-bond acceptors (Lipinski definition) is 3. The molecule has 0 saturated carbocycles. The van der Waals surface area contributed by atoms with Gasteiger partial charge in [0.05, 0.1) is 6.54 Å². The van der Waals surface area contributed by atoms with Gasteiger partial charge in [0.1, 0.15) is 0 Å². The van der Waals surface area contributed by atoms with Gasteiger partial charge in [-0.25, -0.2) is 0 Å². The molecule has 0 aliphatic heterocycles. The van der Waals surface area contributed by atoms with Crippen LogP contribution in [0.5, 0.6) is 0 Å². The molecule has 0 saturated heterocycles. The minimum Gasteiger partial charge on any atom is -0.375 e. The summed E-state index contributed by atoms with van der Waals surface area (Å²) in [5.41, 5.74) is 1.98. The summed E-state index contributed by atoms with van der Waals surface area (Å²) in [6.07, 6.45) is 1.98. The second-order valence-corrected chi connectivity index (χ2v) is 6.43. The zero-order chi connectivity index (χ0) is 18.1. The second kappa shape index (κ2) is 9.84. The van der Waals surface area contributed by atoms with Crippen molar-refractivity contribution in [3.8, 4) is 0 Å². The zero-order valence-electron chi connectivity index (χ0n) is 14.1. The number of nitrogens with one attached hydrogen (secondary N) is 3. The number of amides is 2. The molecule has 132 valence electrons. The monoisotopic (exact) mass is 403 g/mol. The number of carbonyl (C=O) groups is 2. The number of para-hydroxylation sites is 1. The first-order valence-electron chi connectivity index (χ1n) is 8.26. The maximum absolute atomic E-state index is 12.1. The standard InChI is InChI=1S/C19H22BrN3O2/c1-2-3-11-21-19(25)14-7-6-8-15(12-14)23-18(24)13-22-17-10-5-4-9-16(17)20/h4-10,12,22H,2-3,11,13H2,1H3,(H,21,25)(H,23,24). The number of benzene rings is 2. The molecule has 25 heavy (non-hydrogen) atoms. The van der Waals surface area contributed by atoms with E-state index in [0.29, 0.717) is 17.8 Å². The van der Waals surface area contributed by atoms with E-state index in [-0.39, 0.29) is 18.4 Å². The van der Waals surface area contributed by atoms with Crippen LogP contribution in [0.25, 0.3) is 0 Å². The Morgan fingerprint density at radius 1 is 1.08 bits per heavy atom. The van der Waals surface area contributed by atoms with E-state index < -0.39 is 0 Å². The van der Waals surface area contributed by atoms with Crippen molar-refractivity contribution in [3.05, 3.63) is 58.6 Å². The highest BCUT2D eigenvalue weighted by molar-refractivity contribution is 9.10. The molecule has 0 spiro atoms. The molecule has 0 radical (unpaired) electrons. The molecule has 0 aliphatic carbocycles. The molecule has 2 aromatic rings. The Labute approximate surface area is 156 Å². The van der Waals surface area contributed by atoms with Gasteiger partial charge in [-0.05, 0) is 52.7 Å². The second-order valence-electron chi connectivity index (χ2n) is 5.57. The molecule has 0 unspecified atom stereocenters. The maximum Gasteiger partial charge on any atom is 0.251 e. The first kappa shape index (κ1) is 19.0. The fourth-order valence-electron chi connectivity index (χ4n) is 2.20. The largest absolute Gasteiger partial charge is 0.375 e. The first-order chi connectivity index (χ1) is 12.1. The Kier molecular flexibility index (Phi) is 7.47. The molecule has 6 heteroatoms. The predicted octanol–water partition coefficient (Wildman–Crippen LogP) is 4.03. The minimum atomic E-state index is -0.181. The number of carbonyl (C=O) groups excluding carboxylic acids is 2. The molecular weight excluding hydrogens is 382 g/mol. The van der Waals surface area contributed by atoms with Crippen LogP contribution in [0.15, 0.2) is 53.0 Å². The van der Waals surface area contributed by atoms with Crippen molar-refractivity contribution in [2.75, 3.05) is 23.7 Å². The quantitative estimate of drug-likeness (QED) is 0.582. The molecule has 3 N–H and O–H groups in total. The number of anilines is 2. The minimum absolute atomic E-state index is 0.129. The molecule has 2 aromatic carbocycles. The van der Waals surface area contributed by atoms with Gasteiger partial charge >= 0.3 is 0 Å². The number of unbranched alkanes of at least 4 members (excludes halogenated alkanes) is 1.